The van der Waals surface area contributed by atoms with Gasteiger partial charge in [-0.05, 0) is 6.08 Å². The zero-order valence-electron chi connectivity index (χ0n) is 11.5. The first-order chi connectivity index (χ1) is 9.46. The van der Waals surface area contributed by atoms with E-state index in [-0.39, 0.29) is 0 Å². The summed E-state index contributed by atoms with van der Waals surface area (Å²) in [5.41, 5.74) is 0. The van der Waals surface area contributed by atoms with E-state index in [0.29, 0.717) is 0 Å². The van der Waals surface area contributed by atoms with Gasteiger partial charge in [0.25, 0.3) is 0 Å². The standard InChI is InChI=1S/C8H16N.2CHF3.H3NO2S/c1-3-6-9(2)7-4-5-8-9;2*2-1(3)4;1-4(2)3/h3H,1,4-8H2,2H3;2*1H;1H2,(H,2,3)/q+1;;;/p-1. The van der Waals surface area contributed by atoms with Gasteiger partial charge in [0.1, 0.15) is 0 Å². The molecule has 1 aliphatic heterocycles. The van der Waals surface area contributed by atoms with Crippen molar-refractivity contribution >= 4 is 11.3 Å². The molecule has 11 heteroatoms. The van der Waals surface area contributed by atoms with Crippen LogP contribution in [0.4, 0.5) is 26.3 Å². The van der Waals surface area contributed by atoms with Gasteiger partial charge < -0.3 is 9.04 Å². The van der Waals surface area contributed by atoms with Gasteiger partial charge in [-0.15, -0.1) is 0 Å². The molecule has 1 unspecified atom stereocenters. The van der Waals surface area contributed by atoms with Crippen LogP contribution >= 0.6 is 0 Å². The van der Waals surface area contributed by atoms with Gasteiger partial charge in [0.05, 0.1) is 26.7 Å². The molecule has 0 aliphatic carbocycles. The zero-order valence-corrected chi connectivity index (χ0v) is 12.3. The minimum absolute atomic E-state index is 1.15. The van der Waals surface area contributed by atoms with Crippen LogP contribution in [0, 0.1) is 0 Å². The lowest BCUT2D eigenvalue weighted by Gasteiger charge is -2.27. The van der Waals surface area contributed by atoms with Gasteiger partial charge in [0, 0.05) is 24.1 Å². The van der Waals surface area contributed by atoms with Crippen LogP contribution in [0.3, 0.4) is 0 Å². The summed E-state index contributed by atoms with van der Waals surface area (Å²) in [5, 5.41) is 4.03. The lowest BCUT2D eigenvalue weighted by molar-refractivity contribution is -0.891. The second kappa shape index (κ2) is 15.7. The van der Waals surface area contributed by atoms with Crippen molar-refractivity contribution in [3.8, 4) is 0 Å². The van der Waals surface area contributed by atoms with Crippen LogP contribution in [0.2, 0.25) is 0 Å². The molecular weight excluding hydrogens is 326 g/mol. The van der Waals surface area contributed by atoms with Crippen molar-refractivity contribution in [2.45, 2.75) is 26.2 Å². The smallest absolute Gasteiger partial charge is 0.379 e. The average molecular weight is 346 g/mol. The van der Waals surface area contributed by atoms with Crippen molar-refractivity contribution in [3.05, 3.63) is 12.7 Å². The molecule has 0 amide bonds. The summed E-state index contributed by atoms with van der Waals surface area (Å²) < 4.78 is 76.8. The number of rotatable bonds is 2. The second-order valence-electron chi connectivity index (χ2n) is 4.00. The quantitative estimate of drug-likeness (QED) is 0.361. The minimum atomic E-state index is -3.67. The number of nitrogens with two attached hydrogens (primary N) is 1. The summed E-state index contributed by atoms with van der Waals surface area (Å²) >= 11 is -2.36. The van der Waals surface area contributed by atoms with Gasteiger partial charge in [-0.3, -0.25) is 9.35 Å². The number of hydrogen-bond donors (Lipinski definition) is 1. The molecule has 0 spiro atoms. The van der Waals surface area contributed by atoms with Gasteiger partial charge in [0.15, 0.2) is 0 Å². The van der Waals surface area contributed by atoms with Crippen LogP contribution in [0.5, 0.6) is 0 Å². The predicted molar refractivity (Wildman–Crippen MR) is 67.5 cm³/mol. The van der Waals surface area contributed by atoms with Crippen molar-refractivity contribution in [2.75, 3.05) is 26.7 Å². The molecule has 1 fully saturated rings. The van der Waals surface area contributed by atoms with Crippen LogP contribution in [-0.4, -0.2) is 53.3 Å². The number of halogens is 6. The number of likely N-dealkylation sites (tertiary alicyclic amines) is 1. The van der Waals surface area contributed by atoms with Crippen LogP contribution in [0.25, 0.3) is 0 Å². The Bertz CT molecular complexity index is 250. The summed E-state index contributed by atoms with van der Waals surface area (Å²) in [6.07, 6.45) is 4.85. The van der Waals surface area contributed by atoms with E-state index in [1.54, 1.807) is 0 Å². The Kier molecular flexibility index (Phi) is 19.0. The molecule has 21 heavy (non-hydrogen) atoms. The number of alkyl halides is 6. The van der Waals surface area contributed by atoms with E-state index in [9.17, 15) is 26.3 Å². The molecule has 0 aromatic carbocycles. The average Bonchev–Trinajstić information content (AvgIpc) is 2.62. The van der Waals surface area contributed by atoms with Crippen LogP contribution in [0.15, 0.2) is 12.7 Å². The Morgan fingerprint density at radius 3 is 1.62 bits per heavy atom. The van der Waals surface area contributed by atoms with Crippen molar-refractivity contribution in [1.29, 1.82) is 0 Å². The van der Waals surface area contributed by atoms with Crippen molar-refractivity contribution in [1.82, 2.24) is 0 Å². The van der Waals surface area contributed by atoms with Crippen molar-refractivity contribution < 1.29 is 39.6 Å². The van der Waals surface area contributed by atoms with Crippen LogP contribution in [0.1, 0.15) is 12.8 Å². The molecule has 1 atom stereocenters. The minimum Gasteiger partial charge on any atom is -0.760 e. The fourth-order valence-electron chi connectivity index (χ4n) is 1.59. The molecule has 1 saturated heterocycles. The molecule has 0 saturated carbocycles. The third-order valence-electron chi connectivity index (χ3n) is 2.22. The fourth-order valence-corrected chi connectivity index (χ4v) is 1.59. The Morgan fingerprint density at radius 2 is 1.43 bits per heavy atom. The third kappa shape index (κ3) is 38.2. The third-order valence-corrected chi connectivity index (χ3v) is 2.22. The maximum Gasteiger partial charge on any atom is 0.379 e. The normalized spacial score (nSPS) is 16.7. The highest BCUT2D eigenvalue weighted by Crippen LogP contribution is 2.15. The largest absolute Gasteiger partial charge is 0.760 e. The Balaban J connectivity index is -0.000000230. The first kappa shape index (κ1) is 25.3. The van der Waals surface area contributed by atoms with Crippen molar-refractivity contribution in [3.63, 3.8) is 0 Å². The van der Waals surface area contributed by atoms with Gasteiger partial charge in [-0.2, -0.15) is 26.3 Å². The maximum atomic E-state index is 9.67. The Morgan fingerprint density at radius 1 is 1.19 bits per heavy atom. The number of nitrogens with zero attached hydrogens (tertiary/aromatic N) is 1. The van der Waals surface area contributed by atoms with Gasteiger partial charge in [-0.1, -0.05) is 6.58 Å². The molecule has 1 aliphatic rings. The highest BCUT2D eigenvalue weighted by Gasteiger charge is 2.24. The van der Waals surface area contributed by atoms with E-state index in [1.807, 2.05) is 6.08 Å². The Labute approximate surface area is 122 Å². The summed E-state index contributed by atoms with van der Waals surface area (Å²) in [6.45, 7) is 0.280. The van der Waals surface area contributed by atoms with E-state index in [2.05, 4.69) is 18.8 Å². The van der Waals surface area contributed by atoms with Gasteiger partial charge >= 0.3 is 13.4 Å². The molecule has 1 heterocycles. The molecule has 0 aromatic heterocycles. The van der Waals surface area contributed by atoms with E-state index in [0.717, 1.165) is 6.54 Å². The molecule has 130 valence electrons. The lowest BCUT2D eigenvalue weighted by atomic mass is 10.4. The molecule has 1 rings (SSSR count). The lowest BCUT2D eigenvalue weighted by Crippen LogP contribution is -2.40. The summed E-state index contributed by atoms with van der Waals surface area (Å²) in [5.74, 6) is 0. The summed E-state index contributed by atoms with van der Waals surface area (Å²) in [6, 6.07) is 0. The number of hydrogen-bond acceptors (Lipinski definition) is 2. The van der Waals surface area contributed by atoms with Crippen LogP contribution in [-0.2, 0) is 11.3 Å². The maximum absolute atomic E-state index is 9.67. The van der Waals surface area contributed by atoms with Crippen molar-refractivity contribution in [2.24, 2.45) is 5.14 Å². The van der Waals surface area contributed by atoms with E-state index in [1.165, 1.54) is 30.4 Å². The molecule has 0 radical (unpaired) electrons. The molecule has 2 N–H and O–H groups in total. The topological polar surface area (TPSA) is 66.2 Å². The summed E-state index contributed by atoms with van der Waals surface area (Å²) in [7, 11) is 2.31. The Hall–Kier alpha value is -0.650. The van der Waals surface area contributed by atoms with Crippen LogP contribution < -0.4 is 5.14 Å². The SMILES string of the molecule is C=CC[N+]1(C)CCCC1.FC(F)F.FC(F)F.NS(=O)[O-]. The highest BCUT2D eigenvalue weighted by atomic mass is 32.2. The van der Waals surface area contributed by atoms with E-state index in [4.69, 9.17) is 8.76 Å². The van der Waals surface area contributed by atoms with Gasteiger partial charge in [-0.25, -0.2) is 0 Å². The number of quaternary nitrogens is 1. The van der Waals surface area contributed by atoms with E-state index < -0.39 is 24.6 Å². The fraction of sp³-hybridized carbons (Fsp3) is 0.800. The molecule has 4 nitrogen and oxygen atoms in total. The highest BCUT2D eigenvalue weighted by molar-refractivity contribution is 7.76. The number of likely N-dealkylation sites (N-methyl/N-ethyl adjacent to an activating group) is 1. The zero-order chi connectivity index (χ0) is 17.5. The molecule has 0 aromatic rings. The van der Waals surface area contributed by atoms with E-state index >= 15 is 0 Å². The first-order valence-corrected chi connectivity index (χ1v) is 6.73. The monoisotopic (exact) mass is 346 g/mol. The molecule has 0 bridgehead atoms. The second-order valence-corrected chi connectivity index (χ2v) is 4.52. The van der Waals surface area contributed by atoms with Gasteiger partial charge in [0.2, 0.25) is 0 Å². The molecular formula is C10H20F6N2O2S. The first-order valence-electron chi connectivity index (χ1n) is 5.59. The summed E-state index contributed by atoms with van der Waals surface area (Å²) in [4.78, 5) is 0. The predicted octanol–water partition coefficient (Wildman–Crippen LogP) is 2.51.